The number of benzene rings is 1. The molecular formula is C20H21N3O3S. The number of nitrogens with zero attached hydrogens (tertiary/aromatic N) is 1. The molecule has 0 atom stereocenters. The Bertz CT molecular complexity index is 880. The van der Waals surface area contributed by atoms with Crippen LogP contribution in [-0.4, -0.2) is 25.1 Å². The number of aromatic nitrogens is 1. The lowest BCUT2D eigenvalue weighted by molar-refractivity contribution is -0.115. The number of hydrogen-bond acceptors (Lipinski definition) is 6. The number of nitrogens with one attached hydrogen (secondary N) is 2. The number of carbonyl (C=O) groups is 1. The number of hydrogen-bond donors (Lipinski definition) is 2. The smallest absolute Gasteiger partial charge is 0.229 e. The molecule has 0 radical (unpaired) electrons. The average Bonchev–Trinajstić information content (AvgIpc) is 3.20. The summed E-state index contributed by atoms with van der Waals surface area (Å²) in [6.45, 7) is 0.595. The van der Waals surface area contributed by atoms with Gasteiger partial charge in [0.2, 0.25) is 5.91 Å². The van der Waals surface area contributed by atoms with Crippen LogP contribution in [0, 0.1) is 0 Å². The first-order valence-electron chi connectivity index (χ1n) is 8.41. The molecule has 2 heterocycles. The summed E-state index contributed by atoms with van der Waals surface area (Å²) < 4.78 is 10.6. The fraction of sp³-hybridized carbons (Fsp3) is 0.200. The Labute approximate surface area is 162 Å². The van der Waals surface area contributed by atoms with Crippen LogP contribution in [0.15, 0.2) is 54.0 Å². The molecule has 0 saturated heterocycles. The normalized spacial score (nSPS) is 10.3. The topological polar surface area (TPSA) is 72.5 Å². The summed E-state index contributed by atoms with van der Waals surface area (Å²) >= 11 is 1.57. The van der Waals surface area contributed by atoms with Crippen molar-refractivity contribution in [3.63, 3.8) is 0 Å². The van der Waals surface area contributed by atoms with E-state index in [2.05, 4.69) is 15.6 Å². The van der Waals surface area contributed by atoms with Crippen molar-refractivity contribution in [3.05, 3.63) is 64.5 Å². The monoisotopic (exact) mass is 383 g/mol. The summed E-state index contributed by atoms with van der Waals surface area (Å²) in [7, 11) is 3.22. The third-order valence-corrected chi connectivity index (χ3v) is 4.76. The molecular weight excluding hydrogens is 362 g/mol. The second-order valence-corrected chi connectivity index (χ2v) is 6.81. The van der Waals surface area contributed by atoms with Gasteiger partial charge in [-0.05, 0) is 41.3 Å². The molecule has 0 bridgehead atoms. The molecule has 1 aromatic carbocycles. The molecule has 2 N–H and O–H groups in total. The van der Waals surface area contributed by atoms with Crippen LogP contribution < -0.4 is 20.1 Å². The number of rotatable bonds is 8. The molecule has 7 heteroatoms. The van der Waals surface area contributed by atoms with E-state index in [0.29, 0.717) is 30.2 Å². The summed E-state index contributed by atoms with van der Waals surface area (Å²) in [5.41, 5.74) is 1.72. The highest BCUT2D eigenvalue weighted by molar-refractivity contribution is 7.10. The highest BCUT2D eigenvalue weighted by Gasteiger charge is 2.07. The number of ether oxygens (including phenoxy) is 2. The van der Waals surface area contributed by atoms with E-state index in [9.17, 15) is 4.79 Å². The van der Waals surface area contributed by atoms with Gasteiger partial charge >= 0.3 is 0 Å². The summed E-state index contributed by atoms with van der Waals surface area (Å²) in [6.07, 6.45) is 2.01. The lowest BCUT2D eigenvalue weighted by atomic mass is 10.2. The first-order chi connectivity index (χ1) is 13.2. The molecule has 1 amide bonds. The number of pyridine rings is 1. The minimum absolute atomic E-state index is 0.0507. The van der Waals surface area contributed by atoms with Crippen LogP contribution in [0.25, 0.3) is 0 Å². The van der Waals surface area contributed by atoms with Gasteiger partial charge in [-0.2, -0.15) is 0 Å². The van der Waals surface area contributed by atoms with E-state index in [-0.39, 0.29) is 5.91 Å². The van der Waals surface area contributed by atoms with E-state index in [4.69, 9.17) is 9.47 Å². The van der Waals surface area contributed by atoms with Crippen molar-refractivity contribution in [2.75, 3.05) is 24.9 Å². The van der Waals surface area contributed by atoms with Crippen molar-refractivity contribution >= 4 is 28.7 Å². The first kappa shape index (κ1) is 18.7. The Hall–Kier alpha value is -3.06. The van der Waals surface area contributed by atoms with Crippen LogP contribution in [0.5, 0.6) is 11.5 Å². The summed E-state index contributed by atoms with van der Waals surface area (Å²) in [5.74, 6) is 2.06. The number of amides is 1. The summed E-state index contributed by atoms with van der Waals surface area (Å²) in [6, 6.07) is 13.3. The summed E-state index contributed by atoms with van der Waals surface area (Å²) in [4.78, 5) is 17.4. The van der Waals surface area contributed by atoms with Gasteiger partial charge in [0.25, 0.3) is 0 Å². The van der Waals surface area contributed by atoms with Gasteiger partial charge in [-0.3, -0.25) is 4.79 Å². The highest BCUT2D eigenvalue weighted by atomic mass is 32.1. The molecule has 0 unspecified atom stereocenters. The Morgan fingerprint density at radius 1 is 1.11 bits per heavy atom. The quantitative estimate of drug-likeness (QED) is 0.616. The molecule has 2 aromatic heterocycles. The van der Waals surface area contributed by atoms with Crippen LogP contribution in [0.4, 0.5) is 11.5 Å². The number of carbonyl (C=O) groups excluding carboxylic acids is 1. The number of methoxy groups -OCH3 is 2. The van der Waals surface area contributed by atoms with Gasteiger partial charge in [-0.15, -0.1) is 11.3 Å². The van der Waals surface area contributed by atoms with Crippen molar-refractivity contribution in [3.8, 4) is 11.5 Å². The van der Waals surface area contributed by atoms with E-state index in [1.54, 1.807) is 31.8 Å². The Kier molecular flexibility index (Phi) is 6.27. The maximum atomic E-state index is 12.0. The van der Waals surface area contributed by atoms with Gasteiger partial charge in [0, 0.05) is 11.4 Å². The predicted molar refractivity (Wildman–Crippen MR) is 108 cm³/mol. The van der Waals surface area contributed by atoms with Crippen molar-refractivity contribution in [1.29, 1.82) is 0 Å². The van der Waals surface area contributed by atoms with Gasteiger partial charge in [-0.1, -0.05) is 12.1 Å². The number of thiophene rings is 1. The van der Waals surface area contributed by atoms with Gasteiger partial charge in [0.1, 0.15) is 5.82 Å². The molecule has 0 saturated carbocycles. The third-order valence-electron chi connectivity index (χ3n) is 3.88. The average molecular weight is 383 g/mol. The summed E-state index contributed by atoms with van der Waals surface area (Å²) in [5, 5.41) is 8.07. The lowest BCUT2D eigenvalue weighted by Crippen LogP contribution is -2.14. The minimum atomic E-state index is -0.0507. The molecule has 3 rings (SSSR count). The Morgan fingerprint density at radius 3 is 2.63 bits per heavy atom. The van der Waals surface area contributed by atoms with Crippen molar-refractivity contribution in [2.24, 2.45) is 0 Å². The van der Waals surface area contributed by atoms with Crippen LogP contribution in [-0.2, 0) is 17.8 Å². The van der Waals surface area contributed by atoms with E-state index in [0.717, 1.165) is 16.3 Å². The molecule has 0 aliphatic carbocycles. The molecule has 140 valence electrons. The van der Waals surface area contributed by atoms with Gasteiger partial charge in [0.05, 0.1) is 32.5 Å². The van der Waals surface area contributed by atoms with E-state index in [1.165, 1.54) is 0 Å². The SMILES string of the molecule is COc1ccc(CNc2ccc(NC(=O)Cc3cccs3)cn2)cc1OC. The standard InChI is InChI=1S/C20H21N3O3S/c1-25-17-7-5-14(10-18(17)26-2)12-21-19-8-6-15(13-22-19)23-20(24)11-16-4-3-9-27-16/h3-10,13H,11-12H2,1-2H3,(H,21,22)(H,23,24). The minimum Gasteiger partial charge on any atom is -0.493 e. The zero-order valence-electron chi connectivity index (χ0n) is 15.2. The largest absolute Gasteiger partial charge is 0.493 e. The third kappa shape index (κ3) is 5.21. The first-order valence-corrected chi connectivity index (χ1v) is 9.29. The molecule has 0 aliphatic heterocycles. The Morgan fingerprint density at radius 2 is 1.96 bits per heavy atom. The highest BCUT2D eigenvalue weighted by Crippen LogP contribution is 2.27. The second-order valence-electron chi connectivity index (χ2n) is 5.78. The molecule has 6 nitrogen and oxygen atoms in total. The molecule has 0 spiro atoms. The fourth-order valence-corrected chi connectivity index (χ4v) is 3.24. The van der Waals surface area contributed by atoms with Gasteiger partial charge in [-0.25, -0.2) is 4.98 Å². The van der Waals surface area contributed by atoms with Gasteiger partial charge in [0.15, 0.2) is 11.5 Å². The fourth-order valence-electron chi connectivity index (χ4n) is 2.53. The van der Waals surface area contributed by atoms with Crippen LogP contribution in [0.3, 0.4) is 0 Å². The predicted octanol–water partition coefficient (Wildman–Crippen LogP) is 3.95. The number of anilines is 2. The van der Waals surface area contributed by atoms with Crippen LogP contribution in [0.1, 0.15) is 10.4 Å². The van der Waals surface area contributed by atoms with E-state index >= 15 is 0 Å². The van der Waals surface area contributed by atoms with Crippen molar-refractivity contribution in [2.45, 2.75) is 13.0 Å². The van der Waals surface area contributed by atoms with E-state index in [1.807, 2.05) is 47.8 Å². The van der Waals surface area contributed by atoms with Gasteiger partial charge < -0.3 is 20.1 Å². The molecule has 3 aromatic rings. The zero-order valence-corrected chi connectivity index (χ0v) is 16.0. The molecule has 27 heavy (non-hydrogen) atoms. The second kappa shape index (κ2) is 9.05. The van der Waals surface area contributed by atoms with Crippen LogP contribution >= 0.6 is 11.3 Å². The maximum Gasteiger partial charge on any atom is 0.229 e. The van der Waals surface area contributed by atoms with Crippen molar-refractivity contribution < 1.29 is 14.3 Å². The molecule has 0 fully saturated rings. The van der Waals surface area contributed by atoms with E-state index < -0.39 is 0 Å². The van der Waals surface area contributed by atoms with Crippen molar-refractivity contribution in [1.82, 2.24) is 4.98 Å². The Balaban J connectivity index is 1.54. The zero-order chi connectivity index (χ0) is 19.1. The molecule has 0 aliphatic rings. The van der Waals surface area contributed by atoms with Crippen LogP contribution in [0.2, 0.25) is 0 Å². The lowest BCUT2D eigenvalue weighted by Gasteiger charge is -2.11. The maximum absolute atomic E-state index is 12.0.